The first kappa shape index (κ1) is 17.5. The van der Waals surface area contributed by atoms with E-state index >= 15 is 0 Å². The lowest BCUT2D eigenvalue weighted by molar-refractivity contribution is 0.101. The van der Waals surface area contributed by atoms with E-state index in [2.05, 4.69) is 20.3 Å². The smallest absolute Gasteiger partial charge is 0.255 e. The van der Waals surface area contributed by atoms with Crippen molar-refractivity contribution >= 4 is 22.5 Å². The molecule has 0 amide bonds. The molecule has 0 bridgehead atoms. The quantitative estimate of drug-likeness (QED) is 0.543. The average Bonchev–Trinajstić information content (AvgIpc) is 2.74. The number of benzene rings is 2. The molecule has 2 heterocycles. The molecule has 1 N–H and O–H groups in total. The summed E-state index contributed by atoms with van der Waals surface area (Å²) in [6.45, 7) is 0.0154. The first-order chi connectivity index (χ1) is 13.6. The Hall–Kier alpha value is -3.87. The van der Waals surface area contributed by atoms with Gasteiger partial charge in [0, 0.05) is 24.9 Å². The lowest BCUT2D eigenvalue weighted by Crippen LogP contribution is -2.24. The van der Waals surface area contributed by atoms with Gasteiger partial charge in [0.05, 0.1) is 17.9 Å². The van der Waals surface area contributed by atoms with Crippen LogP contribution in [0.4, 0.5) is 5.95 Å². The number of hydrogen-bond acceptors (Lipinski definition) is 6. The third-order valence-electron chi connectivity index (χ3n) is 4.48. The van der Waals surface area contributed by atoms with Gasteiger partial charge in [0.25, 0.3) is 5.56 Å². The van der Waals surface area contributed by atoms with Crippen LogP contribution in [-0.2, 0) is 7.05 Å². The second kappa shape index (κ2) is 7.40. The van der Waals surface area contributed by atoms with Crippen LogP contribution >= 0.6 is 0 Å². The summed E-state index contributed by atoms with van der Waals surface area (Å²) in [5, 5.41) is 4.89. The van der Waals surface area contributed by atoms with Crippen LogP contribution in [-0.4, -0.2) is 31.8 Å². The van der Waals surface area contributed by atoms with E-state index in [0.717, 1.165) is 10.8 Å². The molecule has 0 saturated heterocycles. The second-order valence-electron chi connectivity index (χ2n) is 6.26. The summed E-state index contributed by atoms with van der Waals surface area (Å²) in [6, 6.07) is 16.4. The maximum absolute atomic E-state index is 12.8. The van der Waals surface area contributed by atoms with Crippen LogP contribution in [0.15, 0.2) is 71.9 Å². The van der Waals surface area contributed by atoms with E-state index < -0.39 is 0 Å². The number of carbonyl (C=O) groups excluding carboxylic acids is 1. The number of aromatic nitrogens is 4. The molecule has 0 unspecified atom stereocenters. The molecule has 0 radical (unpaired) electrons. The van der Waals surface area contributed by atoms with Gasteiger partial charge in [0.15, 0.2) is 5.78 Å². The van der Waals surface area contributed by atoms with Crippen molar-refractivity contribution in [3.63, 3.8) is 0 Å². The van der Waals surface area contributed by atoms with Gasteiger partial charge in [-0.05, 0) is 16.8 Å². The molecular weight excluding hydrogens is 354 g/mol. The summed E-state index contributed by atoms with van der Waals surface area (Å²) in [6.07, 6.45) is 2.98. The summed E-state index contributed by atoms with van der Waals surface area (Å²) < 4.78 is 1.36. The van der Waals surface area contributed by atoms with Crippen molar-refractivity contribution in [2.24, 2.45) is 7.05 Å². The van der Waals surface area contributed by atoms with Crippen molar-refractivity contribution in [3.05, 3.63) is 83.0 Å². The van der Waals surface area contributed by atoms with Crippen LogP contribution in [0.25, 0.3) is 22.2 Å². The zero-order valence-corrected chi connectivity index (χ0v) is 15.2. The number of nitrogens with zero attached hydrogens (tertiary/aromatic N) is 4. The Morgan fingerprint density at radius 1 is 1.07 bits per heavy atom. The SMILES string of the molecule is Cn1c(NCC(=O)c2cccc3ccccc23)nc(-c2ccncn2)cc1=O. The monoisotopic (exact) mass is 371 g/mol. The molecule has 7 heteroatoms. The second-order valence-corrected chi connectivity index (χ2v) is 6.26. The van der Waals surface area contributed by atoms with Gasteiger partial charge in [-0.25, -0.2) is 15.0 Å². The van der Waals surface area contributed by atoms with Crippen molar-refractivity contribution in [1.82, 2.24) is 19.5 Å². The molecule has 2 aromatic heterocycles. The molecule has 0 aliphatic carbocycles. The molecule has 4 rings (SSSR count). The van der Waals surface area contributed by atoms with E-state index in [1.165, 1.54) is 17.0 Å². The molecule has 4 aromatic rings. The molecule has 0 aliphatic heterocycles. The van der Waals surface area contributed by atoms with E-state index in [1.54, 1.807) is 25.4 Å². The highest BCUT2D eigenvalue weighted by molar-refractivity contribution is 6.09. The Morgan fingerprint density at radius 3 is 2.71 bits per heavy atom. The summed E-state index contributed by atoms with van der Waals surface area (Å²) in [5.74, 6) is 0.216. The average molecular weight is 371 g/mol. The zero-order valence-electron chi connectivity index (χ0n) is 15.2. The van der Waals surface area contributed by atoms with E-state index in [4.69, 9.17) is 0 Å². The third-order valence-corrected chi connectivity index (χ3v) is 4.48. The first-order valence-electron chi connectivity index (χ1n) is 8.73. The minimum absolute atomic E-state index is 0.0154. The number of hydrogen-bond donors (Lipinski definition) is 1. The maximum Gasteiger partial charge on any atom is 0.255 e. The molecule has 7 nitrogen and oxygen atoms in total. The third kappa shape index (κ3) is 3.37. The molecule has 2 aromatic carbocycles. The van der Waals surface area contributed by atoms with Crippen LogP contribution in [0.2, 0.25) is 0 Å². The molecule has 0 spiro atoms. The molecule has 0 aliphatic rings. The van der Waals surface area contributed by atoms with Gasteiger partial charge >= 0.3 is 0 Å². The maximum atomic E-state index is 12.8. The highest BCUT2D eigenvalue weighted by Crippen LogP contribution is 2.19. The predicted molar refractivity (Wildman–Crippen MR) is 107 cm³/mol. The van der Waals surface area contributed by atoms with Crippen LogP contribution < -0.4 is 10.9 Å². The molecule has 0 atom stereocenters. The lowest BCUT2D eigenvalue weighted by Gasteiger charge is -2.11. The van der Waals surface area contributed by atoms with Crippen molar-refractivity contribution in [3.8, 4) is 11.4 Å². The van der Waals surface area contributed by atoms with Gasteiger partial charge in [-0.1, -0.05) is 42.5 Å². The fourth-order valence-electron chi connectivity index (χ4n) is 2.99. The largest absolute Gasteiger partial charge is 0.348 e. The normalized spacial score (nSPS) is 10.8. The van der Waals surface area contributed by atoms with Crippen LogP contribution in [0, 0.1) is 0 Å². The Labute approximate surface area is 160 Å². The van der Waals surface area contributed by atoms with Crippen LogP contribution in [0.1, 0.15) is 10.4 Å². The number of nitrogens with one attached hydrogen (secondary N) is 1. The predicted octanol–water partition coefficient (Wildman–Crippen LogP) is 2.69. The van der Waals surface area contributed by atoms with Crippen molar-refractivity contribution in [2.75, 3.05) is 11.9 Å². The number of Topliss-reactive ketones (excluding diaryl/α,β-unsaturated/α-hetero) is 1. The molecule has 0 saturated carbocycles. The van der Waals surface area contributed by atoms with Crippen LogP contribution in [0.3, 0.4) is 0 Å². The van der Waals surface area contributed by atoms with Gasteiger partial charge in [-0.2, -0.15) is 0 Å². The Kier molecular flexibility index (Phi) is 4.63. The minimum atomic E-state index is -0.247. The fraction of sp³-hybridized carbons (Fsp3) is 0.0952. The first-order valence-corrected chi connectivity index (χ1v) is 8.73. The van der Waals surface area contributed by atoms with E-state index in [-0.39, 0.29) is 17.9 Å². The number of rotatable bonds is 5. The topological polar surface area (TPSA) is 89.8 Å². The Balaban J connectivity index is 1.62. The van der Waals surface area contributed by atoms with Crippen LogP contribution in [0.5, 0.6) is 0 Å². The molecule has 138 valence electrons. The fourth-order valence-corrected chi connectivity index (χ4v) is 2.99. The summed E-state index contributed by atoms with van der Waals surface area (Å²) in [4.78, 5) is 37.5. The summed E-state index contributed by atoms with van der Waals surface area (Å²) >= 11 is 0. The van der Waals surface area contributed by atoms with Gasteiger partial charge in [0.1, 0.15) is 6.33 Å². The van der Waals surface area contributed by atoms with Gasteiger partial charge in [0.2, 0.25) is 5.95 Å². The molecule has 0 fully saturated rings. The van der Waals surface area contributed by atoms with E-state index in [1.807, 2.05) is 36.4 Å². The van der Waals surface area contributed by atoms with E-state index in [0.29, 0.717) is 22.9 Å². The molecular formula is C21H17N5O2. The number of ketones is 1. The summed E-state index contributed by atoms with van der Waals surface area (Å²) in [5.41, 5.74) is 1.34. The zero-order chi connectivity index (χ0) is 19.5. The summed E-state index contributed by atoms with van der Waals surface area (Å²) in [7, 11) is 1.60. The van der Waals surface area contributed by atoms with Gasteiger partial charge in [-0.15, -0.1) is 0 Å². The number of fused-ring (bicyclic) bond motifs is 1. The minimum Gasteiger partial charge on any atom is -0.348 e. The number of anilines is 1. The van der Waals surface area contributed by atoms with E-state index in [9.17, 15) is 9.59 Å². The Bertz CT molecular complexity index is 1210. The van der Waals surface area contributed by atoms with Crippen molar-refractivity contribution < 1.29 is 4.79 Å². The van der Waals surface area contributed by atoms with Gasteiger partial charge < -0.3 is 5.32 Å². The highest BCUT2D eigenvalue weighted by atomic mass is 16.1. The van der Waals surface area contributed by atoms with Crippen molar-refractivity contribution in [2.45, 2.75) is 0 Å². The number of carbonyl (C=O) groups is 1. The van der Waals surface area contributed by atoms with Crippen molar-refractivity contribution in [1.29, 1.82) is 0 Å². The lowest BCUT2D eigenvalue weighted by atomic mass is 10.0. The highest BCUT2D eigenvalue weighted by Gasteiger charge is 2.13. The Morgan fingerprint density at radius 2 is 1.89 bits per heavy atom. The standard InChI is InChI=1S/C21H17N5O2/c1-26-20(28)11-18(17-9-10-22-13-24-17)25-21(26)23-12-19(27)16-8-4-6-14-5-2-3-7-15(14)16/h2-11,13H,12H2,1H3,(H,23,25). The van der Waals surface area contributed by atoms with Gasteiger partial charge in [-0.3, -0.25) is 14.2 Å². The molecule has 28 heavy (non-hydrogen) atoms.